The Bertz CT molecular complexity index is 260. The standard InChI is InChI=1S/C17H36N2O/c1-6-7-10-15(18)11-8-14-20-19-16(2,3)12-9-13-17(19,4)5/h15H,6-14,18H2,1-5H3. The first-order valence-corrected chi connectivity index (χ1v) is 8.48. The number of unbranched alkanes of at least 4 members (excludes halogenated alkanes) is 1. The summed E-state index contributed by atoms with van der Waals surface area (Å²) in [6, 6.07) is 0.348. The van der Waals surface area contributed by atoms with Crippen molar-refractivity contribution < 1.29 is 4.84 Å². The Morgan fingerprint density at radius 1 is 1.05 bits per heavy atom. The van der Waals surface area contributed by atoms with E-state index in [0.29, 0.717) is 6.04 Å². The predicted octanol–water partition coefficient (Wildman–Crippen LogP) is 4.26. The van der Waals surface area contributed by atoms with Gasteiger partial charge in [-0.3, -0.25) is 4.84 Å². The molecule has 1 fully saturated rings. The molecule has 1 unspecified atom stereocenters. The maximum atomic E-state index is 6.15. The van der Waals surface area contributed by atoms with E-state index in [1.54, 1.807) is 0 Å². The third-order valence-electron chi connectivity index (χ3n) is 4.54. The molecular formula is C17H36N2O. The summed E-state index contributed by atoms with van der Waals surface area (Å²) in [4.78, 5) is 6.15. The van der Waals surface area contributed by atoms with Gasteiger partial charge in [-0.25, -0.2) is 0 Å². The molecule has 1 atom stereocenters. The molecule has 1 rings (SSSR count). The fourth-order valence-electron chi connectivity index (χ4n) is 3.44. The van der Waals surface area contributed by atoms with Crippen LogP contribution in [0.5, 0.6) is 0 Å². The molecule has 1 saturated heterocycles. The molecule has 0 aromatic rings. The van der Waals surface area contributed by atoms with Crippen LogP contribution in [0.15, 0.2) is 0 Å². The van der Waals surface area contributed by atoms with Crippen LogP contribution in [0.2, 0.25) is 0 Å². The Morgan fingerprint density at radius 3 is 2.15 bits per heavy atom. The summed E-state index contributed by atoms with van der Waals surface area (Å²) >= 11 is 0. The molecule has 1 aliphatic heterocycles. The molecule has 0 amide bonds. The first-order valence-electron chi connectivity index (χ1n) is 8.48. The van der Waals surface area contributed by atoms with Gasteiger partial charge in [0.1, 0.15) is 0 Å². The van der Waals surface area contributed by atoms with Crippen LogP contribution in [-0.2, 0) is 4.84 Å². The minimum atomic E-state index is 0.145. The van der Waals surface area contributed by atoms with Gasteiger partial charge in [-0.15, -0.1) is 0 Å². The van der Waals surface area contributed by atoms with E-state index in [4.69, 9.17) is 10.6 Å². The molecule has 1 aliphatic rings. The van der Waals surface area contributed by atoms with E-state index in [-0.39, 0.29) is 11.1 Å². The van der Waals surface area contributed by atoms with Crippen molar-refractivity contribution >= 4 is 0 Å². The first kappa shape index (κ1) is 17.9. The summed E-state index contributed by atoms with van der Waals surface area (Å²) in [5, 5.41) is 2.25. The summed E-state index contributed by atoms with van der Waals surface area (Å²) in [5.41, 5.74) is 6.41. The number of hydrogen-bond donors (Lipinski definition) is 1. The first-order chi connectivity index (χ1) is 9.29. The lowest BCUT2D eigenvalue weighted by Crippen LogP contribution is -2.58. The second-order valence-electron chi connectivity index (χ2n) is 7.65. The van der Waals surface area contributed by atoms with Crippen molar-refractivity contribution in [2.75, 3.05) is 6.61 Å². The highest BCUT2D eigenvalue weighted by Crippen LogP contribution is 2.38. The lowest BCUT2D eigenvalue weighted by molar-refractivity contribution is -0.281. The van der Waals surface area contributed by atoms with Gasteiger partial charge in [-0.05, 0) is 66.2 Å². The maximum absolute atomic E-state index is 6.15. The van der Waals surface area contributed by atoms with Gasteiger partial charge in [-0.1, -0.05) is 19.8 Å². The topological polar surface area (TPSA) is 38.5 Å². The van der Waals surface area contributed by atoms with Crippen molar-refractivity contribution in [1.82, 2.24) is 5.06 Å². The zero-order valence-corrected chi connectivity index (χ0v) is 14.4. The van der Waals surface area contributed by atoms with Crippen molar-refractivity contribution in [3.05, 3.63) is 0 Å². The number of piperidine rings is 1. The van der Waals surface area contributed by atoms with Crippen LogP contribution in [0, 0.1) is 0 Å². The van der Waals surface area contributed by atoms with Gasteiger partial charge in [0.2, 0.25) is 0 Å². The Balaban J connectivity index is 2.32. The fourth-order valence-corrected chi connectivity index (χ4v) is 3.44. The average molecular weight is 284 g/mol. The smallest absolute Gasteiger partial charge is 0.0686 e. The SMILES string of the molecule is CCCCC(N)CCCON1C(C)(C)CCCC1(C)C. The highest BCUT2D eigenvalue weighted by molar-refractivity contribution is 4.92. The zero-order chi connectivity index (χ0) is 15.2. The Kier molecular flexibility index (Phi) is 6.96. The number of rotatable bonds is 8. The van der Waals surface area contributed by atoms with Crippen LogP contribution in [-0.4, -0.2) is 28.8 Å². The van der Waals surface area contributed by atoms with E-state index in [1.165, 1.54) is 32.1 Å². The van der Waals surface area contributed by atoms with Crippen molar-refractivity contribution in [2.24, 2.45) is 5.73 Å². The minimum Gasteiger partial charge on any atom is -0.328 e. The molecule has 0 saturated carbocycles. The maximum Gasteiger partial charge on any atom is 0.0686 e. The molecule has 3 nitrogen and oxygen atoms in total. The van der Waals surface area contributed by atoms with Crippen molar-refractivity contribution in [1.29, 1.82) is 0 Å². The van der Waals surface area contributed by atoms with E-state index in [1.807, 2.05) is 0 Å². The Hall–Kier alpha value is -0.120. The monoisotopic (exact) mass is 284 g/mol. The molecule has 3 heteroatoms. The molecule has 20 heavy (non-hydrogen) atoms. The lowest BCUT2D eigenvalue weighted by atomic mass is 9.82. The number of hydroxylamine groups is 2. The molecule has 0 aromatic carbocycles. The van der Waals surface area contributed by atoms with Crippen LogP contribution in [0.3, 0.4) is 0 Å². The minimum absolute atomic E-state index is 0.145. The second kappa shape index (κ2) is 7.77. The largest absolute Gasteiger partial charge is 0.328 e. The average Bonchev–Trinajstić information content (AvgIpc) is 2.33. The van der Waals surface area contributed by atoms with Crippen LogP contribution in [0.4, 0.5) is 0 Å². The Morgan fingerprint density at radius 2 is 1.60 bits per heavy atom. The molecule has 0 aliphatic carbocycles. The summed E-state index contributed by atoms with van der Waals surface area (Å²) in [6.45, 7) is 12.2. The van der Waals surface area contributed by atoms with Gasteiger partial charge in [0, 0.05) is 17.1 Å². The van der Waals surface area contributed by atoms with E-state index >= 15 is 0 Å². The van der Waals surface area contributed by atoms with Gasteiger partial charge >= 0.3 is 0 Å². The van der Waals surface area contributed by atoms with Crippen LogP contribution >= 0.6 is 0 Å². The van der Waals surface area contributed by atoms with Crippen LogP contribution < -0.4 is 5.73 Å². The third kappa shape index (κ3) is 5.34. The number of hydrogen-bond acceptors (Lipinski definition) is 3. The molecule has 1 heterocycles. The van der Waals surface area contributed by atoms with Gasteiger partial charge in [-0.2, -0.15) is 5.06 Å². The third-order valence-corrected chi connectivity index (χ3v) is 4.54. The summed E-state index contributed by atoms with van der Waals surface area (Å²) in [7, 11) is 0. The fraction of sp³-hybridized carbons (Fsp3) is 1.00. The number of nitrogens with two attached hydrogens (primary N) is 1. The molecule has 0 radical (unpaired) electrons. The zero-order valence-electron chi connectivity index (χ0n) is 14.4. The molecular weight excluding hydrogens is 248 g/mol. The quantitative estimate of drug-likeness (QED) is 0.677. The van der Waals surface area contributed by atoms with E-state index in [0.717, 1.165) is 25.9 Å². The predicted molar refractivity (Wildman–Crippen MR) is 86.5 cm³/mol. The molecule has 0 bridgehead atoms. The van der Waals surface area contributed by atoms with E-state index in [9.17, 15) is 0 Å². The highest BCUT2D eigenvalue weighted by atomic mass is 16.7. The normalized spacial score (nSPS) is 23.7. The van der Waals surface area contributed by atoms with Crippen LogP contribution in [0.1, 0.15) is 86.0 Å². The molecule has 0 spiro atoms. The summed E-state index contributed by atoms with van der Waals surface area (Å²) < 4.78 is 0. The van der Waals surface area contributed by atoms with Crippen molar-refractivity contribution in [3.63, 3.8) is 0 Å². The van der Waals surface area contributed by atoms with Gasteiger partial charge < -0.3 is 5.73 Å². The van der Waals surface area contributed by atoms with Crippen LogP contribution in [0.25, 0.3) is 0 Å². The van der Waals surface area contributed by atoms with Gasteiger partial charge in [0.15, 0.2) is 0 Å². The molecule has 2 N–H and O–H groups in total. The summed E-state index contributed by atoms with van der Waals surface area (Å²) in [5.74, 6) is 0. The van der Waals surface area contributed by atoms with Gasteiger partial charge in [0.05, 0.1) is 6.61 Å². The molecule has 120 valence electrons. The summed E-state index contributed by atoms with van der Waals surface area (Å²) in [6.07, 6.45) is 9.49. The van der Waals surface area contributed by atoms with Crippen molar-refractivity contribution in [2.45, 2.75) is 103 Å². The number of nitrogens with zero attached hydrogens (tertiary/aromatic N) is 1. The van der Waals surface area contributed by atoms with E-state index < -0.39 is 0 Å². The van der Waals surface area contributed by atoms with Gasteiger partial charge in [0.25, 0.3) is 0 Å². The molecule has 0 aromatic heterocycles. The Labute approximate surface area is 126 Å². The lowest BCUT2D eigenvalue weighted by Gasteiger charge is -2.51. The highest BCUT2D eigenvalue weighted by Gasteiger charge is 2.42. The van der Waals surface area contributed by atoms with E-state index in [2.05, 4.69) is 39.7 Å². The van der Waals surface area contributed by atoms with Crippen molar-refractivity contribution in [3.8, 4) is 0 Å². The second-order valence-corrected chi connectivity index (χ2v) is 7.65.